The second-order valence-corrected chi connectivity index (χ2v) is 7.88. The van der Waals surface area contributed by atoms with Crippen molar-refractivity contribution in [3.63, 3.8) is 0 Å². The quantitative estimate of drug-likeness (QED) is 0.772. The van der Waals surface area contributed by atoms with Crippen LogP contribution in [0, 0.1) is 29.6 Å². The predicted molar refractivity (Wildman–Crippen MR) is 107 cm³/mol. The molecule has 0 aliphatic carbocycles. The van der Waals surface area contributed by atoms with Crippen molar-refractivity contribution in [2.45, 2.75) is 45.8 Å². The number of aryl methyl sites for hydroxylation is 1. The van der Waals surface area contributed by atoms with E-state index in [1.54, 1.807) is 12.1 Å². The van der Waals surface area contributed by atoms with E-state index in [4.69, 9.17) is 15.0 Å². The Morgan fingerprint density at radius 2 is 1.64 bits per heavy atom. The van der Waals surface area contributed by atoms with Crippen LogP contribution in [0.2, 0.25) is 0 Å². The monoisotopic (exact) mass is 376 g/mol. The molecule has 3 N–H and O–H groups in total. The second-order valence-electron chi connectivity index (χ2n) is 7.88. The van der Waals surface area contributed by atoms with Crippen LogP contribution in [0.25, 0.3) is 11.1 Å². The van der Waals surface area contributed by atoms with Gasteiger partial charge in [-0.2, -0.15) is 10.5 Å². The third-order valence-corrected chi connectivity index (χ3v) is 5.53. The SMILES string of the molecule is Cc1cc(-c2c(C#N)c(N)[nH]c(=O)c2C#N)ccc1B1OC(C)(C)C(C)(C)O1. The fourth-order valence-corrected chi connectivity index (χ4v) is 3.20. The summed E-state index contributed by atoms with van der Waals surface area (Å²) in [6.45, 7) is 9.81. The maximum absolute atomic E-state index is 12.1. The van der Waals surface area contributed by atoms with E-state index in [0.29, 0.717) is 5.56 Å². The third-order valence-electron chi connectivity index (χ3n) is 5.53. The first kappa shape index (κ1) is 19.7. The summed E-state index contributed by atoms with van der Waals surface area (Å²) in [4.78, 5) is 14.5. The minimum absolute atomic E-state index is 0.0609. The number of nitrogens with one attached hydrogen (secondary N) is 1. The minimum atomic E-state index is -0.623. The molecule has 3 rings (SSSR count). The Hall–Kier alpha value is -3.07. The van der Waals surface area contributed by atoms with Crippen LogP contribution in [-0.4, -0.2) is 23.3 Å². The first-order chi connectivity index (χ1) is 13.0. The lowest BCUT2D eigenvalue weighted by molar-refractivity contribution is 0.00578. The van der Waals surface area contributed by atoms with Crippen LogP contribution in [-0.2, 0) is 9.31 Å². The van der Waals surface area contributed by atoms with Gasteiger partial charge in [0.25, 0.3) is 5.56 Å². The Morgan fingerprint density at radius 1 is 1.07 bits per heavy atom. The highest BCUT2D eigenvalue weighted by atomic mass is 16.7. The Kier molecular flexibility index (Phi) is 4.59. The number of hydrogen-bond donors (Lipinski definition) is 2. The summed E-state index contributed by atoms with van der Waals surface area (Å²) in [6.07, 6.45) is 0. The summed E-state index contributed by atoms with van der Waals surface area (Å²) in [5, 5.41) is 18.9. The molecule has 0 unspecified atom stereocenters. The topological polar surface area (TPSA) is 125 Å². The van der Waals surface area contributed by atoms with Crippen molar-refractivity contribution in [2.24, 2.45) is 0 Å². The van der Waals surface area contributed by atoms with Crippen molar-refractivity contribution in [3.05, 3.63) is 45.2 Å². The van der Waals surface area contributed by atoms with Gasteiger partial charge in [0.05, 0.1) is 11.2 Å². The van der Waals surface area contributed by atoms with Gasteiger partial charge in [-0.05, 0) is 45.6 Å². The zero-order chi connectivity index (χ0) is 20.9. The standard InChI is InChI=1S/C20H21BN4O3/c1-11-8-12(16-13(9-22)17(24)25-18(26)14(16)10-23)6-7-15(11)21-27-19(2,3)20(4,5)28-21/h6-8H,1-5H3,(H3,24,25,26). The van der Waals surface area contributed by atoms with Gasteiger partial charge in [-0.15, -0.1) is 0 Å². The van der Waals surface area contributed by atoms with Crippen molar-refractivity contribution < 1.29 is 9.31 Å². The largest absolute Gasteiger partial charge is 0.495 e. The van der Waals surface area contributed by atoms with E-state index in [2.05, 4.69) is 4.98 Å². The van der Waals surface area contributed by atoms with Gasteiger partial charge in [-0.3, -0.25) is 4.79 Å². The number of pyridine rings is 1. The number of nitrogen functional groups attached to an aromatic ring is 1. The lowest BCUT2D eigenvalue weighted by Crippen LogP contribution is -2.41. The van der Waals surface area contributed by atoms with Crippen molar-refractivity contribution in [2.75, 3.05) is 5.73 Å². The van der Waals surface area contributed by atoms with Gasteiger partial charge in [0.2, 0.25) is 0 Å². The van der Waals surface area contributed by atoms with Gasteiger partial charge in [-0.1, -0.05) is 23.8 Å². The number of aromatic amines is 1. The van der Waals surface area contributed by atoms with Gasteiger partial charge in [0.15, 0.2) is 0 Å². The molecule has 0 saturated carbocycles. The molecule has 1 aromatic carbocycles. The second kappa shape index (κ2) is 6.52. The van der Waals surface area contributed by atoms with Crippen LogP contribution in [0.3, 0.4) is 0 Å². The molecule has 0 radical (unpaired) electrons. The highest BCUT2D eigenvalue weighted by molar-refractivity contribution is 6.62. The lowest BCUT2D eigenvalue weighted by atomic mass is 9.75. The Morgan fingerprint density at radius 3 is 2.14 bits per heavy atom. The summed E-state index contributed by atoms with van der Waals surface area (Å²) < 4.78 is 12.2. The first-order valence-corrected chi connectivity index (χ1v) is 8.85. The van der Waals surface area contributed by atoms with Crippen LogP contribution >= 0.6 is 0 Å². The first-order valence-electron chi connectivity index (χ1n) is 8.85. The van der Waals surface area contributed by atoms with Gasteiger partial charge < -0.3 is 20.0 Å². The molecule has 0 bridgehead atoms. The Labute approximate surface area is 163 Å². The van der Waals surface area contributed by atoms with E-state index in [1.165, 1.54) is 0 Å². The summed E-state index contributed by atoms with van der Waals surface area (Å²) in [7, 11) is -0.533. The van der Waals surface area contributed by atoms with Crippen LogP contribution < -0.4 is 16.8 Å². The molecule has 2 aromatic rings. The summed E-state index contributed by atoms with van der Waals surface area (Å²) in [6, 6.07) is 9.22. The molecule has 0 atom stereocenters. The average molecular weight is 376 g/mol. The zero-order valence-electron chi connectivity index (χ0n) is 16.5. The molecule has 1 aliphatic rings. The summed E-state index contributed by atoms with van der Waals surface area (Å²) in [5.41, 5.74) is 6.65. The highest BCUT2D eigenvalue weighted by Crippen LogP contribution is 2.37. The zero-order valence-corrected chi connectivity index (χ0v) is 16.5. The predicted octanol–water partition coefficient (Wildman–Crippen LogP) is 1.98. The fraction of sp³-hybridized carbons (Fsp3) is 0.350. The van der Waals surface area contributed by atoms with Gasteiger partial charge in [0.1, 0.15) is 29.1 Å². The maximum Gasteiger partial charge on any atom is 0.495 e. The number of nitrogens with two attached hydrogens (primary N) is 1. The Balaban J connectivity index is 2.13. The number of hydrogen-bond acceptors (Lipinski definition) is 6. The molecule has 1 aliphatic heterocycles. The number of H-pyrrole nitrogens is 1. The van der Waals surface area contributed by atoms with Gasteiger partial charge >= 0.3 is 7.12 Å². The van der Waals surface area contributed by atoms with E-state index in [9.17, 15) is 15.3 Å². The van der Waals surface area contributed by atoms with E-state index in [0.717, 1.165) is 11.0 Å². The molecule has 0 spiro atoms. The molecule has 2 heterocycles. The van der Waals surface area contributed by atoms with E-state index < -0.39 is 23.9 Å². The molecular weight excluding hydrogens is 355 g/mol. The molecular formula is C20H21BN4O3. The smallest absolute Gasteiger partial charge is 0.399 e. The summed E-state index contributed by atoms with van der Waals surface area (Å²) in [5.74, 6) is -0.0609. The third kappa shape index (κ3) is 2.97. The number of aromatic nitrogens is 1. The van der Waals surface area contributed by atoms with Crippen molar-refractivity contribution in [1.29, 1.82) is 10.5 Å². The molecule has 1 saturated heterocycles. The molecule has 8 heteroatoms. The summed E-state index contributed by atoms with van der Waals surface area (Å²) >= 11 is 0. The van der Waals surface area contributed by atoms with Crippen LogP contribution in [0.15, 0.2) is 23.0 Å². The number of benzene rings is 1. The van der Waals surface area contributed by atoms with Crippen molar-refractivity contribution in [3.8, 4) is 23.3 Å². The van der Waals surface area contributed by atoms with Gasteiger partial charge in [0, 0.05) is 5.56 Å². The number of rotatable bonds is 2. The van der Waals surface area contributed by atoms with Crippen LogP contribution in [0.1, 0.15) is 44.4 Å². The molecule has 28 heavy (non-hydrogen) atoms. The lowest BCUT2D eigenvalue weighted by Gasteiger charge is -2.32. The number of anilines is 1. The van der Waals surface area contributed by atoms with Crippen LogP contribution in [0.5, 0.6) is 0 Å². The minimum Gasteiger partial charge on any atom is -0.399 e. The van der Waals surface area contributed by atoms with E-state index in [1.807, 2.05) is 52.8 Å². The maximum atomic E-state index is 12.1. The average Bonchev–Trinajstić information content (AvgIpc) is 2.81. The van der Waals surface area contributed by atoms with Crippen molar-refractivity contribution >= 4 is 18.4 Å². The fourth-order valence-electron chi connectivity index (χ4n) is 3.20. The van der Waals surface area contributed by atoms with E-state index >= 15 is 0 Å². The molecule has 1 aromatic heterocycles. The van der Waals surface area contributed by atoms with E-state index in [-0.39, 0.29) is 22.5 Å². The van der Waals surface area contributed by atoms with Gasteiger partial charge in [-0.25, -0.2) is 0 Å². The molecule has 0 amide bonds. The Bertz CT molecular complexity index is 1090. The number of nitrogens with zero attached hydrogens (tertiary/aromatic N) is 2. The molecule has 1 fully saturated rings. The molecule has 7 nitrogen and oxygen atoms in total. The molecule has 142 valence electrons. The highest BCUT2D eigenvalue weighted by Gasteiger charge is 2.52. The number of nitriles is 2. The normalized spacial score (nSPS) is 17.2. The van der Waals surface area contributed by atoms with Crippen LogP contribution in [0.4, 0.5) is 5.82 Å². The van der Waals surface area contributed by atoms with Crippen molar-refractivity contribution in [1.82, 2.24) is 4.98 Å².